The Labute approximate surface area is 184 Å². The van der Waals surface area contributed by atoms with E-state index < -0.39 is 5.91 Å². The third-order valence-electron chi connectivity index (χ3n) is 5.88. The first-order valence-electron chi connectivity index (χ1n) is 10.2. The van der Waals surface area contributed by atoms with Crippen molar-refractivity contribution in [3.05, 3.63) is 66.0 Å². The van der Waals surface area contributed by atoms with Gasteiger partial charge in [-0.1, -0.05) is 18.2 Å². The second-order valence-electron chi connectivity index (χ2n) is 7.73. The van der Waals surface area contributed by atoms with E-state index in [-0.39, 0.29) is 18.9 Å². The Hall–Kier alpha value is -4.31. The summed E-state index contributed by atoms with van der Waals surface area (Å²) in [6.45, 7) is 0.0555. The number of hydrogen-bond donors (Lipinski definition) is 1. The first-order valence-corrected chi connectivity index (χ1v) is 10.2. The smallest absolute Gasteiger partial charge is 0.263 e. The Morgan fingerprint density at radius 3 is 2.62 bits per heavy atom. The number of aryl methyl sites for hydroxylation is 1. The van der Waals surface area contributed by atoms with Gasteiger partial charge in [0.15, 0.2) is 0 Å². The van der Waals surface area contributed by atoms with Gasteiger partial charge in [-0.05, 0) is 24.3 Å². The van der Waals surface area contributed by atoms with Gasteiger partial charge in [0, 0.05) is 53.2 Å². The fraction of sp³-hybridized carbons (Fsp3) is 0.160. The van der Waals surface area contributed by atoms with Crippen molar-refractivity contribution in [2.45, 2.75) is 6.42 Å². The van der Waals surface area contributed by atoms with Crippen LogP contribution in [0.15, 0.2) is 54.7 Å². The minimum absolute atomic E-state index is 0.0555. The summed E-state index contributed by atoms with van der Waals surface area (Å²) < 4.78 is 7.25. The number of imide groups is 1. The molecular weight excluding hydrogens is 404 g/mol. The molecule has 1 aliphatic rings. The van der Waals surface area contributed by atoms with Crippen molar-refractivity contribution in [2.24, 2.45) is 7.05 Å². The molecule has 2 aromatic heterocycles. The Morgan fingerprint density at radius 1 is 1.06 bits per heavy atom. The highest BCUT2D eigenvalue weighted by molar-refractivity contribution is 6.49. The van der Waals surface area contributed by atoms with Gasteiger partial charge >= 0.3 is 0 Å². The van der Waals surface area contributed by atoms with Crippen LogP contribution in [0.25, 0.3) is 33.0 Å². The fourth-order valence-electron chi connectivity index (χ4n) is 4.35. The number of carbonyl (C=O) groups excluding carboxylic acids is 2. The number of nitriles is 1. The van der Waals surface area contributed by atoms with Crippen LogP contribution in [0.4, 0.5) is 0 Å². The summed E-state index contributed by atoms with van der Waals surface area (Å²) in [5.41, 5.74) is 3.70. The summed E-state index contributed by atoms with van der Waals surface area (Å²) in [6.07, 6.45) is 1.96. The number of benzene rings is 2. The van der Waals surface area contributed by atoms with Gasteiger partial charge < -0.3 is 14.3 Å². The van der Waals surface area contributed by atoms with Crippen molar-refractivity contribution in [3.63, 3.8) is 0 Å². The SMILES string of the molecule is COc1ccc2cc(C3=C(c4cn(C)c5ccccc45)C(=O)N(CCC#N)C3=O)[nH]c2c1. The maximum absolute atomic E-state index is 13.5. The summed E-state index contributed by atoms with van der Waals surface area (Å²) in [5.74, 6) is -0.0850. The Bertz CT molecular complexity index is 1480. The van der Waals surface area contributed by atoms with Crippen molar-refractivity contribution >= 4 is 44.8 Å². The van der Waals surface area contributed by atoms with E-state index in [2.05, 4.69) is 4.98 Å². The molecule has 7 heteroatoms. The van der Waals surface area contributed by atoms with Crippen LogP contribution in [-0.4, -0.2) is 39.9 Å². The molecule has 32 heavy (non-hydrogen) atoms. The molecule has 0 atom stereocenters. The average Bonchev–Trinajstić information content (AvgIpc) is 3.44. The highest BCUT2D eigenvalue weighted by Gasteiger charge is 2.40. The van der Waals surface area contributed by atoms with Crippen molar-refractivity contribution in [1.82, 2.24) is 14.5 Å². The number of para-hydroxylation sites is 1. The molecular formula is C25H20N4O3. The van der Waals surface area contributed by atoms with Gasteiger partial charge in [0.05, 0.1) is 36.4 Å². The summed E-state index contributed by atoms with van der Waals surface area (Å²) in [6, 6.07) is 17.3. The van der Waals surface area contributed by atoms with Gasteiger partial charge in [0.2, 0.25) is 0 Å². The number of H-pyrrole nitrogens is 1. The lowest BCUT2D eigenvalue weighted by Crippen LogP contribution is -2.32. The molecule has 0 saturated heterocycles. The zero-order valence-corrected chi connectivity index (χ0v) is 17.7. The first-order chi connectivity index (χ1) is 15.5. The minimum atomic E-state index is -0.397. The van der Waals surface area contributed by atoms with Crippen LogP contribution in [0.1, 0.15) is 17.7 Å². The standard InChI is InChI=1S/C25H20N4O3/c1-28-14-18(17-6-3-4-7-21(17)28)22-23(25(31)29(24(22)30)11-5-10-26)20-12-15-8-9-16(32-2)13-19(15)27-20/h3-4,6-9,12-14,27H,5,11H2,1-2H3. The van der Waals surface area contributed by atoms with Crippen LogP contribution in [-0.2, 0) is 16.6 Å². The molecule has 2 amide bonds. The van der Waals surface area contributed by atoms with Crippen LogP contribution in [0.2, 0.25) is 0 Å². The molecule has 0 unspecified atom stereocenters. The maximum Gasteiger partial charge on any atom is 0.263 e. The molecule has 0 aliphatic carbocycles. The number of amides is 2. The monoisotopic (exact) mass is 424 g/mol. The first kappa shape index (κ1) is 19.6. The van der Waals surface area contributed by atoms with Gasteiger partial charge in [-0.15, -0.1) is 0 Å². The number of fused-ring (bicyclic) bond motifs is 2. The van der Waals surface area contributed by atoms with E-state index in [4.69, 9.17) is 10.00 Å². The second-order valence-corrected chi connectivity index (χ2v) is 7.73. The van der Waals surface area contributed by atoms with Gasteiger partial charge in [0.25, 0.3) is 11.8 Å². The summed E-state index contributed by atoms with van der Waals surface area (Å²) >= 11 is 0. The van der Waals surface area contributed by atoms with Crippen LogP contribution >= 0.6 is 0 Å². The molecule has 3 heterocycles. The predicted octanol–water partition coefficient (Wildman–Crippen LogP) is 3.86. The third kappa shape index (κ3) is 2.88. The number of hydrogen-bond acceptors (Lipinski definition) is 4. The number of aromatic nitrogens is 2. The number of methoxy groups -OCH3 is 1. The Balaban J connectivity index is 1.76. The summed E-state index contributed by atoms with van der Waals surface area (Å²) in [4.78, 5) is 31.4. The molecule has 7 nitrogen and oxygen atoms in total. The van der Waals surface area contributed by atoms with E-state index in [1.54, 1.807) is 7.11 Å². The fourth-order valence-corrected chi connectivity index (χ4v) is 4.35. The lowest BCUT2D eigenvalue weighted by Gasteiger charge is -2.12. The normalized spacial score (nSPS) is 14.1. The molecule has 0 fully saturated rings. The molecule has 5 rings (SSSR count). The number of rotatable bonds is 5. The molecule has 0 bridgehead atoms. The van der Waals surface area contributed by atoms with E-state index in [1.165, 1.54) is 4.90 Å². The highest BCUT2D eigenvalue weighted by atomic mass is 16.5. The number of nitrogens with zero attached hydrogens (tertiary/aromatic N) is 3. The molecule has 0 spiro atoms. The van der Waals surface area contributed by atoms with E-state index in [0.717, 1.165) is 21.8 Å². The van der Waals surface area contributed by atoms with E-state index in [9.17, 15) is 9.59 Å². The van der Waals surface area contributed by atoms with Gasteiger partial charge in [-0.3, -0.25) is 14.5 Å². The molecule has 1 aliphatic heterocycles. The quantitative estimate of drug-likeness (QED) is 0.493. The van der Waals surface area contributed by atoms with Gasteiger partial charge in [-0.25, -0.2) is 0 Å². The van der Waals surface area contributed by atoms with Crippen molar-refractivity contribution in [1.29, 1.82) is 5.26 Å². The van der Waals surface area contributed by atoms with Crippen molar-refractivity contribution < 1.29 is 14.3 Å². The molecule has 0 saturated carbocycles. The van der Waals surface area contributed by atoms with Crippen molar-refractivity contribution in [3.8, 4) is 11.8 Å². The Morgan fingerprint density at radius 2 is 1.84 bits per heavy atom. The lowest BCUT2D eigenvalue weighted by atomic mass is 9.99. The largest absolute Gasteiger partial charge is 0.497 e. The third-order valence-corrected chi connectivity index (χ3v) is 5.88. The summed E-state index contributed by atoms with van der Waals surface area (Å²) in [7, 11) is 3.51. The van der Waals surface area contributed by atoms with Crippen LogP contribution in [0, 0.1) is 11.3 Å². The van der Waals surface area contributed by atoms with Crippen molar-refractivity contribution in [2.75, 3.05) is 13.7 Å². The maximum atomic E-state index is 13.5. The van der Waals surface area contributed by atoms with E-state index in [0.29, 0.717) is 28.2 Å². The minimum Gasteiger partial charge on any atom is -0.497 e. The average molecular weight is 424 g/mol. The molecule has 0 radical (unpaired) electrons. The topological polar surface area (TPSA) is 91.1 Å². The highest BCUT2D eigenvalue weighted by Crippen LogP contribution is 2.39. The number of nitrogens with one attached hydrogen (secondary N) is 1. The lowest BCUT2D eigenvalue weighted by molar-refractivity contribution is -0.135. The Kier molecular flexibility index (Phi) is 4.56. The zero-order valence-electron chi connectivity index (χ0n) is 17.7. The predicted molar refractivity (Wildman–Crippen MR) is 122 cm³/mol. The molecule has 4 aromatic rings. The van der Waals surface area contributed by atoms with Crippen LogP contribution in [0.5, 0.6) is 5.75 Å². The number of aromatic amines is 1. The van der Waals surface area contributed by atoms with E-state index in [1.807, 2.05) is 72.4 Å². The molecule has 158 valence electrons. The van der Waals surface area contributed by atoms with E-state index >= 15 is 0 Å². The molecule has 2 aromatic carbocycles. The van der Waals surface area contributed by atoms with Gasteiger partial charge in [0.1, 0.15) is 5.75 Å². The number of ether oxygens (including phenoxy) is 1. The number of carbonyl (C=O) groups is 2. The second kappa shape index (κ2) is 7.43. The van der Waals surface area contributed by atoms with Crippen LogP contribution < -0.4 is 4.74 Å². The zero-order chi connectivity index (χ0) is 22.4. The summed E-state index contributed by atoms with van der Waals surface area (Å²) in [5, 5.41) is 10.8. The van der Waals surface area contributed by atoms with Gasteiger partial charge in [-0.2, -0.15) is 5.26 Å². The van der Waals surface area contributed by atoms with Crippen LogP contribution in [0.3, 0.4) is 0 Å². The molecule has 1 N–H and O–H groups in total.